The molecule has 0 aliphatic carbocycles. The number of nitrogens with two attached hydrogens (primary N) is 1. The number of rotatable bonds is 4. The maximum Gasteiger partial charge on any atom is 0.165 e. The average molecular weight is 270 g/mol. The summed E-state index contributed by atoms with van der Waals surface area (Å²) in [4.78, 5) is 7.02. The molecule has 0 bridgehead atoms. The Morgan fingerprint density at radius 3 is 2.83 bits per heavy atom. The van der Waals surface area contributed by atoms with Crippen molar-refractivity contribution >= 4 is 11.6 Å². The predicted molar refractivity (Wildman–Crippen MR) is 68.1 cm³/mol. The number of aromatic amines is 1. The molecule has 0 aliphatic heterocycles. The molecule has 0 saturated carbocycles. The Balaban J connectivity index is 2.38. The zero-order valence-corrected chi connectivity index (χ0v) is 10.6. The van der Waals surface area contributed by atoms with Crippen molar-refractivity contribution in [1.29, 1.82) is 0 Å². The maximum absolute atomic E-state index is 13.7. The first-order chi connectivity index (χ1) is 8.65. The van der Waals surface area contributed by atoms with Gasteiger partial charge in [0, 0.05) is 5.56 Å². The molecule has 0 amide bonds. The summed E-state index contributed by atoms with van der Waals surface area (Å²) in [5.41, 5.74) is 6.52. The Labute approximate surface area is 109 Å². The molecule has 0 radical (unpaired) electrons. The van der Waals surface area contributed by atoms with Gasteiger partial charge in [0.1, 0.15) is 16.7 Å². The van der Waals surface area contributed by atoms with E-state index in [0.29, 0.717) is 28.8 Å². The summed E-state index contributed by atoms with van der Waals surface area (Å²) in [7, 11) is 0. The molecule has 2 rings (SSSR count). The van der Waals surface area contributed by atoms with Crippen LogP contribution in [0, 0.1) is 5.82 Å². The second kappa shape index (κ2) is 5.37. The number of hydrogen-bond acceptors (Lipinski definition) is 3. The summed E-state index contributed by atoms with van der Waals surface area (Å²) in [6.45, 7) is 2.46. The summed E-state index contributed by atoms with van der Waals surface area (Å²) >= 11 is 5.98. The molecule has 0 fully saturated rings. The molecule has 0 unspecified atom stereocenters. The van der Waals surface area contributed by atoms with Gasteiger partial charge in [-0.05, 0) is 25.1 Å². The third-order valence-electron chi connectivity index (χ3n) is 2.41. The van der Waals surface area contributed by atoms with Gasteiger partial charge in [0.15, 0.2) is 11.6 Å². The molecule has 96 valence electrons. The van der Waals surface area contributed by atoms with E-state index in [1.807, 2.05) is 0 Å². The Morgan fingerprint density at radius 2 is 2.28 bits per heavy atom. The zero-order chi connectivity index (χ0) is 13.1. The molecule has 0 atom stereocenters. The number of benzene rings is 1. The molecule has 6 heteroatoms. The topological polar surface area (TPSA) is 63.9 Å². The molecular formula is C12H13ClFN3O. The van der Waals surface area contributed by atoms with Crippen LogP contribution in [0.1, 0.15) is 12.7 Å². The van der Waals surface area contributed by atoms with E-state index in [9.17, 15) is 4.39 Å². The van der Waals surface area contributed by atoms with E-state index in [-0.39, 0.29) is 12.3 Å². The summed E-state index contributed by atoms with van der Waals surface area (Å²) in [5, 5.41) is 0.346. The van der Waals surface area contributed by atoms with Gasteiger partial charge in [-0.2, -0.15) is 0 Å². The lowest BCUT2D eigenvalue weighted by Crippen LogP contribution is -1.98. The van der Waals surface area contributed by atoms with Crippen LogP contribution in [0.25, 0.3) is 11.3 Å². The van der Waals surface area contributed by atoms with Crippen molar-refractivity contribution in [2.24, 2.45) is 5.73 Å². The number of imidazole rings is 1. The van der Waals surface area contributed by atoms with Crippen molar-refractivity contribution in [3.8, 4) is 17.0 Å². The van der Waals surface area contributed by atoms with Crippen LogP contribution in [0.4, 0.5) is 4.39 Å². The van der Waals surface area contributed by atoms with Gasteiger partial charge in [-0.25, -0.2) is 9.37 Å². The summed E-state index contributed by atoms with van der Waals surface area (Å²) in [5.74, 6) is 0.332. The summed E-state index contributed by atoms with van der Waals surface area (Å²) < 4.78 is 18.8. The maximum atomic E-state index is 13.7. The van der Waals surface area contributed by atoms with Crippen LogP contribution in [0.2, 0.25) is 5.15 Å². The van der Waals surface area contributed by atoms with Gasteiger partial charge in [0.25, 0.3) is 0 Å². The van der Waals surface area contributed by atoms with Crippen LogP contribution in [0.5, 0.6) is 5.75 Å². The normalized spacial score (nSPS) is 10.7. The standard InChI is InChI=1S/C12H13ClFN3O/c1-2-18-9-4-3-7(5-8(9)14)11-12(13)17-10(6-15)16-11/h3-5H,2,6,15H2,1H3,(H,16,17). The molecule has 2 aromatic rings. The monoisotopic (exact) mass is 269 g/mol. The van der Waals surface area contributed by atoms with Gasteiger partial charge in [0.2, 0.25) is 0 Å². The minimum absolute atomic E-state index is 0.215. The average Bonchev–Trinajstić information content (AvgIpc) is 2.73. The summed E-state index contributed by atoms with van der Waals surface area (Å²) in [6.07, 6.45) is 0. The number of H-pyrrole nitrogens is 1. The highest BCUT2D eigenvalue weighted by Crippen LogP contribution is 2.29. The number of halogens is 2. The highest BCUT2D eigenvalue weighted by Gasteiger charge is 2.12. The number of ether oxygens (including phenoxy) is 1. The van der Waals surface area contributed by atoms with E-state index in [1.165, 1.54) is 6.07 Å². The van der Waals surface area contributed by atoms with Gasteiger partial charge in [-0.15, -0.1) is 0 Å². The molecule has 18 heavy (non-hydrogen) atoms. The smallest absolute Gasteiger partial charge is 0.165 e. The first-order valence-corrected chi connectivity index (χ1v) is 5.90. The Kier molecular flexibility index (Phi) is 3.84. The third-order valence-corrected chi connectivity index (χ3v) is 2.68. The first-order valence-electron chi connectivity index (χ1n) is 5.52. The van der Waals surface area contributed by atoms with Crippen molar-refractivity contribution < 1.29 is 9.13 Å². The molecule has 4 nitrogen and oxygen atoms in total. The van der Waals surface area contributed by atoms with Crippen molar-refractivity contribution in [1.82, 2.24) is 9.97 Å². The van der Waals surface area contributed by atoms with E-state index < -0.39 is 5.82 Å². The largest absolute Gasteiger partial charge is 0.491 e. The van der Waals surface area contributed by atoms with Gasteiger partial charge in [-0.1, -0.05) is 11.6 Å². The van der Waals surface area contributed by atoms with E-state index >= 15 is 0 Å². The zero-order valence-electron chi connectivity index (χ0n) is 9.84. The van der Waals surface area contributed by atoms with E-state index in [4.69, 9.17) is 22.1 Å². The molecule has 3 N–H and O–H groups in total. The van der Waals surface area contributed by atoms with Crippen LogP contribution in [-0.2, 0) is 6.54 Å². The fourth-order valence-electron chi connectivity index (χ4n) is 1.61. The van der Waals surface area contributed by atoms with Crippen LogP contribution in [0.3, 0.4) is 0 Å². The van der Waals surface area contributed by atoms with Crippen LogP contribution in [-0.4, -0.2) is 16.6 Å². The van der Waals surface area contributed by atoms with E-state index in [1.54, 1.807) is 19.1 Å². The number of nitrogens with zero attached hydrogens (tertiary/aromatic N) is 1. The SMILES string of the molecule is CCOc1ccc(-c2nc(CN)[nH]c2Cl)cc1F. The minimum Gasteiger partial charge on any atom is -0.491 e. The molecule has 0 spiro atoms. The third kappa shape index (κ3) is 2.47. The fourth-order valence-corrected chi connectivity index (χ4v) is 1.87. The highest BCUT2D eigenvalue weighted by molar-refractivity contribution is 6.31. The second-order valence-electron chi connectivity index (χ2n) is 3.63. The molecule has 0 saturated heterocycles. The van der Waals surface area contributed by atoms with Crippen LogP contribution >= 0.6 is 11.6 Å². The van der Waals surface area contributed by atoms with Crippen molar-refractivity contribution in [3.63, 3.8) is 0 Å². The lowest BCUT2D eigenvalue weighted by Gasteiger charge is -2.05. The molecule has 1 aromatic heterocycles. The number of nitrogens with one attached hydrogen (secondary N) is 1. The van der Waals surface area contributed by atoms with Crippen LogP contribution < -0.4 is 10.5 Å². The molecule has 1 heterocycles. The molecule has 0 aliphatic rings. The lowest BCUT2D eigenvalue weighted by atomic mass is 10.1. The summed E-state index contributed by atoms with van der Waals surface area (Å²) in [6, 6.07) is 4.60. The van der Waals surface area contributed by atoms with Gasteiger partial charge < -0.3 is 15.5 Å². The lowest BCUT2D eigenvalue weighted by molar-refractivity contribution is 0.321. The highest BCUT2D eigenvalue weighted by atomic mass is 35.5. The fraction of sp³-hybridized carbons (Fsp3) is 0.250. The predicted octanol–water partition coefficient (Wildman–Crippen LogP) is 2.73. The Bertz CT molecular complexity index is 556. The van der Waals surface area contributed by atoms with E-state index in [2.05, 4.69) is 9.97 Å². The van der Waals surface area contributed by atoms with E-state index in [0.717, 1.165) is 0 Å². The van der Waals surface area contributed by atoms with Gasteiger partial charge in [0.05, 0.1) is 13.2 Å². The van der Waals surface area contributed by atoms with Crippen LogP contribution in [0.15, 0.2) is 18.2 Å². The number of hydrogen-bond donors (Lipinski definition) is 2. The minimum atomic E-state index is -0.442. The molecule has 1 aromatic carbocycles. The molecular weight excluding hydrogens is 257 g/mol. The van der Waals surface area contributed by atoms with Crippen molar-refractivity contribution in [3.05, 3.63) is 35.0 Å². The quantitative estimate of drug-likeness (QED) is 0.897. The Morgan fingerprint density at radius 1 is 1.50 bits per heavy atom. The van der Waals surface area contributed by atoms with Crippen molar-refractivity contribution in [2.45, 2.75) is 13.5 Å². The second-order valence-corrected chi connectivity index (χ2v) is 4.01. The van der Waals surface area contributed by atoms with Gasteiger partial charge in [-0.3, -0.25) is 0 Å². The first kappa shape index (κ1) is 12.9. The van der Waals surface area contributed by atoms with Crippen molar-refractivity contribution in [2.75, 3.05) is 6.61 Å². The Hall–Kier alpha value is -1.59. The number of aromatic nitrogens is 2. The van der Waals surface area contributed by atoms with Gasteiger partial charge >= 0.3 is 0 Å².